The monoisotopic (exact) mass is 320 g/mol. The zero-order valence-electron chi connectivity index (χ0n) is 12.4. The van der Waals surface area contributed by atoms with Gasteiger partial charge in [0.25, 0.3) is 0 Å². The van der Waals surface area contributed by atoms with Gasteiger partial charge in [0.15, 0.2) is 0 Å². The van der Waals surface area contributed by atoms with Crippen molar-refractivity contribution in [3.05, 3.63) is 42.5 Å². The molecule has 7 nitrogen and oxygen atoms in total. The summed E-state index contributed by atoms with van der Waals surface area (Å²) in [6, 6.07) is 5.49. The molecule has 2 heterocycles. The number of benzene rings is 1. The number of rotatable bonds is 5. The zero-order valence-corrected chi connectivity index (χ0v) is 12.4. The molecule has 1 N–H and O–H groups in total. The van der Waals surface area contributed by atoms with Crippen molar-refractivity contribution in [3.63, 3.8) is 0 Å². The van der Waals surface area contributed by atoms with E-state index in [1.807, 2.05) is 0 Å². The maximum atomic E-state index is 13.0. The Balaban J connectivity index is 1.49. The third kappa shape index (κ3) is 3.65. The summed E-state index contributed by atoms with van der Waals surface area (Å²) < 4.78 is 19.9. The van der Waals surface area contributed by atoms with E-state index in [0.717, 1.165) is 0 Å². The van der Waals surface area contributed by atoms with Gasteiger partial charge in [0.2, 0.25) is 5.91 Å². The van der Waals surface area contributed by atoms with Crippen LogP contribution in [-0.4, -0.2) is 56.7 Å². The van der Waals surface area contributed by atoms with Crippen molar-refractivity contribution in [1.82, 2.24) is 19.9 Å². The molecule has 0 bridgehead atoms. The minimum absolute atomic E-state index is 0.122. The minimum atomic E-state index is -0.676. The molecule has 3 rings (SSSR count). The summed E-state index contributed by atoms with van der Waals surface area (Å²) in [5.74, 6) is -0.116. The Morgan fingerprint density at radius 1 is 1.43 bits per heavy atom. The number of amides is 1. The van der Waals surface area contributed by atoms with Gasteiger partial charge in [-0.3, -0.25) is 4.79 Å². The molecular formula is C15H17FN4O3. The van der Waals surface area contributed by atoms with Crippen LogP contribution in [0.2, 0.25) is 0 Å². The van der Waals surface area contributed by atoms with Gasteiger partial charge in [-0.15, -0.1) is 5.10 Å². The van der Waals surface area contributed by atoms with Crippen LogP contribution in [0, 0.1) is 5.82 Å². The molecule has 0 unspecified atom stereocenters. The molecule has 0 spiro atoms. The Hall–Kier alpha value is -2.48. The first-order valence-electron chi connectivity index (χ1n) is 7.33. The fourth-order valence-electron chi connectivity index (χ4n) is 2.60. The van der Waals surface area contributed by atoms with Crippen LogP contribution in [0.25, 0.3) is 0 Å². The Labute approximate surface area is 132 Å². The van der Waals surface area contributed by atoms with Gasteiger partial charge in [-0.2, -0.15) is 0 Å². The predicted molar refractivity (Wildman–Crippen MR) is 78.2 cm³/mol. The Morgan fingerprint density at radius 2 is 2.30 bits per heavy atom. The lowest BCUT2D eigenvalue weighted by molar-refractivity contribution is -0.131. The summed E-state index contributed by atoms with van der Waals surface area (Å²) in [6.07, 6.45) is 2.68. The number of aromatic nitrogens is 3. The van der Waals surface area contributed by atoms with Crippen LogP contribution in [0.15, 0.2) is 36.7 Å². The predicted octanol–water partition coefficient (Wildman–Crippen LogP) is 0.630. The second-order valence-corrected chi connectivity index (χ2v) is 5.37. The number of likely N-dealkylation sites (tertiary alicyclic amines) is 1. The maximum Gasteiger partial charge on any atom is 0.226 e. The van der Waals surface area contributed by atoms with Crippen LogP contribution >= 0.6 is 0 Å². The van der Waals surface area contributed by atoms with E-state index < -0.39 is 6.10 Å². The van der Waals surface area contributed by atoms with Crippen molar-refractivity contribution in [3.8, 4) is 5.75 Å². The highest BCUT2D eigenvalue weighted by Crippen LogP contribution is 2.21. The molecule has 0 radical (unpaired) electrons. The fourth-order valence-corrected chi connectivity index (χ4v) is 2.60. The van der Waals surface area contributed by atoms with E-state index in [2.05, 4.69) is 10.3 Å². The number of halogens is 1. The normalized spacial score (nSPS) is 20.7. The molecule has 0 saturated carbocycles. The number of hydrogen-bond acceptors (Lipinski definition) is 5. The zero-order chi connectivity index (χ0) is 16.2. The van der Waals surface area contributed by atoms with Crippen molar-refractivity contribution in [1.29, 1.82) is 0 Å². The van der Waals surface area contributed by atoms with Crippen LogP contribution in [0.5, 0.6) is 5.75 Å². The number of β-amino-alcohol motifs (C(OH)–C–C–N with tert-alkyl or cyclic N) is 1. The third-order valence-corrected chi connectivity index (χ3v) is 3.77. The lowest BCUT2D eigenvalue weighted by Crippen LogP contribution is -2.30. The highest BCUT2D eigenvalue weighted by molar-refractivity contribution is 5.76. The number of aliphatic hydroxyl groups is 1. The number of hydrogen-bond donors (Lipinski definition) is 1. The SMILES string of the molecule is O=C(CCOc1cccc(F)c1)N1C[C@@H](O)[C@H](n2ccnn2)C1. The maximum absolute atomic E-state index is 13.0. The van der Waals surface area contributed by atoms with E-state index in [1.165, 1.54) is 18.3 Å². The first-order chi connectivity index (χ1) is 11.1. The molecule has 122 valence electrons. The van der Waals surface area contributed by atoms with E-state index >= 15 is 0 Å². The second-order valence-electron chi connectivity index (χ2n) is 5.37. The van der Waals surface area contributed by atoms with Crippen LogP contribution in [0.4, 0.5) is 4.39 Å². The second kappa shape index (κ2) is 6.74. The molecule has 1 aromatic carbocycles. The number of nitrogens with zero attached hydrogens (tertiary/aromatic N) is 4. The molecule has 1 amide bonds. The molecule has 1 aromatic heterocycles. The first kappa shape index (κ1) is 15.4. The van der Waals surface area contributed by atoms with Gasteiger partial charge in [0.1, 0.15) is 11.6 Å². The minimum Gasteiger partial charge on any atom is -0.493 e. The number of ether oxygens (including phenoxy) is 1. The van der Waals surface area contributed by atoms with Gasteiger partial charge in [-0.05, 0) is 12.1 Å². The van der Waals surface area contributed by atoms with Gasteiger partial charge in [-0.25, -0.2) is 9.07 Å². The van der Waals surface area contributed by atoms with E-state index in [0.29, 0.717) is 12.3 Å². The summed E-state index contributed by atoms with van der Waals surface area (Å²) in [6.45, 7) is 0.787. The van der Waals surface area contributed by atoms with Gasteiger partial charge >= 0.3 is 0 Å². The molecule has 2 atom stereocenters. The largest absolute Gasteiger partial charge is 0.493 e. The van der Waals surface area contributed by atoms with Gasteiger partial charge < -0.3 is 14.7 Å². The number of carbonyl (C=O) groups is 1. The molecule has 1 saturated heterocycles. The average Bonchev–Trinajstić information content (AvgIpc) is 3.16. The van der Waals surface area contributed by atoms with Crippen LogP contribution in [0.1, 0.15) is 12.5 Å². The Morgan fingerprint density at radius 3 is 3.04 bits per heavy atom. The Kier molecular flexibility index (Phi) is 4.52. The van der Waals surface area contributed by atoms with E-state index in [9.17, 15) is 14.3 Å². The lowest BCUT2D eigenvalue weighted by Gasteiger charge is -2.16. The van der Waals surface area contributed by atoms with Crippen molar-refractivity contribution in [2.24, 2.45) is 0 Å². The van der Waals surface area contributed by atoms with Crippen LogP contribution in [-0.2, 0) is 4.79 Å². The standard InChI is InChI=1S/C15H17FN4O3/c16-11-2-1-3-12(8-11)23-7-4-15(22)19-9-13(14(21)10-19)20-6-5-17-18-20/h1-3,5-6,8,13-14,21H,4,7,9-10H2/t13-,14-/m1/s1. The quantitative estimate of drug-likeness (QED) is 0.874. The molecule has 1 fully saturated rings. The molecule has 8 heteroatoms. The van der Waals surface area contributed by atoms with Crippen molar-refractivity contribution in [2.45, 2.75) is 18.6 Å². The number of aliphatic hydroxyl groups excluding tert-OH is 1. The smallest absolute Gasteiger partial charge is 0.226 e. The van der Waals surface area contributed by atoms with E-state index in [-0.39, 0.29) is 37.3 Å². The summed E-state index contributed by atoms with van der Waals surface area (Å²) >= 11 is 0. The van der Waals surface area contributed by atoms with Crippen molar-refractivity contribution in [2.75, 3.05) is 19.7 Å². The average molecular weight is 320 g/mol. The van der Waals surface area contributed by atoms with Gasteiger partial charge in [0, 0.05) is 25.4 Å². The topological polar surface area (TPSA) is 80.5 Å². The summed E-state index contributed by atoms with van der Waals surface area (Å²) in [4.78, 5) is 13.8. The van der Waals surface area contributed by atoms with Gasteiger partial charge in [-0.1, -0.05) is 11.3 Å². The van der Waals surface area contributed by atoms with Crippen LogP contribution < -0.4 is 4.74 Å². The van der Waals surface area contributed by atoms with Crippen LogP contribution in [0.3, 0.4) is 0 Å². The molecule has 23 heavy (non-hydrogen) atoms. The molecule has 1 aliphatic rings. The molecule has 0 aliphatic carbocycles. The van der Waals surface area contributed by atoms with Crippen molar-refractivity contribution < 1.29 is 19.0 Å². The van der Waals surface area contributed by atoms with E-state index in [4.69, 9.17) is 4.74 Å². The summed E-state index contributed by atoms with van der Waals surface area (Å²) in [7, 11) is 0. The fraction of sp³-hybridized carbons (Fsp3) is 0.400. The first-order valence-corrected chi connectivity index (χ1v) is 7.33. The molecular weight excluding hydrogens is 303 g/mol. The number of carbonyl (C=O) groups excluding carboxylic acids is 1. The summed E-state index contributed by atoms with van der Waals surface area (Å²) in [5, 5.41) is 17.6. The third-order valence-electron chi connectivity index (χ3n) is 3.77. The highest BCUT2D eigenvalue weighted by Gasteiger charge is 2.35. The highest BCUT2D eigenvalue weighted by atomic mass is 19.1. The Bertz CT molecular complexity index is 665. The molecule has 2 aromatic rings. The lowest BCUT2D eigenvalue weighted by atomic mass is 10.2. The molecule has 1 aliphatic heterocycles. The van der Waals surface area contributed by atoms with E-state index in [1.54, 1.807) is 27.9 Å². The van der Waals surface area contributed by atoms with Gasteiger partial charge in [0.05, 0.1) is 31.4 Å². The van der Waals surface area contributed by atoms with Crippen molar-refractivity contribution >= 4 is 5.91 Å². The summed E-state index contributed by atoms with van der Waals surface area (Å²) in [5.41, 5.74) is 0.